The van der Waals surface area contributed by atoms with Gasteiger partial charge in [-0.1, -0.05) is 96.7 Å². The maximum atomic E-state index is 2.60. The molecule has 41 heavy (non-hydrogen) atoms. The monoisotopic (exact) mass is 539 g/mol. The molecule has 4 aliphatic rings. The Kier molecular flexibility index (Phi) is 4.20. The largest absolute Gasteiger partial charge is 0.422 e. The van der Waals surface area contributed by atoms with Crippen LogP contribution in [0.3, 0.4) is 0 Å². The smallest absolute Gasteiger partial charge is 0.360 e. The minimum atomic E-state index is -0.0156. The van der Waals surface area contributed by atoms with Gasteiger partial charge in [0, 0.05) is 39.6 Å². The Morgan fingerprint density at radius 2 is 0.829 bits per heavy atom. The molecule has 0 amide bonds. The molecular formula is C36H22BN3S. The molecule has 6 aromatic rings. The number of anilines is 7. The average Bonchev–Trinajstić information content (AvgIpc) is 3.03. The summed E-state index contributed by atoms with van der Waals surface area (Å²) in [6.45, 7) is -0.0156. The standard InChI is InChI=1S/C36H22BN3S/c1-2-11-23(12-3-1)38-30-19-9-21-32-35(30)41-36-31(38)20-10-22-33(36)40-29-18-7-5-14-25(29)27-16-8-15-26-24-13-4-6-17-28(24)39(32)37(40)34(26)27/h1-22H. The molecule has 6 aromatic carbocycles. The summed E-state index contributed by atoms with van der Waals surface area (Å²) in [4.78, 5) is 10.2. The highest BCUT2D eigenvalue weighted by molar-refractivity contribution is 8.00. The predicted molar refractivity (Wildman–Crippen MR) is 172 cm³/mol. The normalized spacial score (nSPS) is 14.5. The van der Waals surface area contributed by atoms with Crippen molar-refractivity contribution in [3.8, 4) is 22.3 Å². The van der Waals surface area contributed by atoms with E-state index in [2.05, 4.69) is 148 Å². The molecule has 6 bridgehead atoms. The summed E-state index contributed by atoms with van der Waals surface area (Å²) in [6.07, 6.45) is 0. The Morgan fingerprint density at radius 1 is 0.390 bits per heavy atom. The minimum absolute atomic E-state index is 0.0156. The molecule has 0 saturated carbocycles. The Balaban J connectivity index is 1.39. The van der Waals surface area contributed by atoms with Crippen molar-refractivity contribution < 1.29 is 0 Å². The highest BCUT2D eigenvalue weighted by atomic mass is 32.2. The van der Waals surface area contributed by atoms with E-state index in [1.165, 1.54) is 77.3 Å². The molecule has 0 atom stereocenters. The molecule has 0 aliphatic carbocycles. The Hall–Kier alpha value is -4.87. The lowest BCUT2D eigenvalue weighted by atomic mass is 9.53. The predicted octanol–water partition coefficient (Wildman–Crippen LogP) is 9.27. The highest BCUT2D eigenvalue weighted by Crippen LogP contribution is 2.61. The van der Waals surface area contributed by atoms with E-state index in [1.54, 1.807) is 0 Å². The van der Waals surface area contributed by atoms with E-state index in [0.29, 0.717) is 0 Å². The van der Waals surface area contributed by atoms with Crippen molar-refractivity contribution in [2.24, 2.45) is 0 Å². The summed E-state index contributed by atoms with van der Waals surface area (Å²) in [7, 11) is 0. The molecule has 0 aromatic heterocycles. The van der Waals surface area contributed by atoms with Crippen molar-refractivity contribution in [1.82, 2.24) is 0 Å². The zero-order chi connectivity index (χ0) is 26.7. The second-order valence-electron chi connectivity index (χ2n) is 10.9. The van der Waals surface area contributed by atoms with Gasteiger partial charge in [0.25, 0.3) is 0 Å². The molecule has 4 aliphatic heterocycles. The summed E-state index contributed by atoms with van der Waals surface area (Å²) >= 11 is 1.91. The van der Waals surface area contributed by atoms with E-state index in [9.17, 15) is 0 Å². The third-order valence-electron chi connectivity index (χ3n) is 8.93. The molecule has 0 N–H and O–H groups in total. The maximum Gasteiger partial charge on any atom is 0.422 e. The fourth-order valence-corrected chi connectivity index (χ4v) is 8.62. The van der Waals surface area contributed by atoms with Crippen molar-refractivity contribution in [3.63, 3.8) is 0 Å². The summed E-state index contributed by atoms with van der Waals surface area (Å²) < 4.78 is 0. The number of hydrogen-bond acceptors (Lipinski definition) is 4. The third-order valence-corrected chi connectivity index (χ3v) is 10.2. The first-order valence-electron chi connectivity index (χ1n) is 14.1. The van der Waals surface area contributed by atoms with Crippen LogP contribution in [0.5, 0.6) is 0 Å². The van der Waals surface area contributed by atoms with Crippen molar-refractivity contribution in [2.45, 2.75) is 9.79 Å². The highest BCUT2D eigenvalue weighted by Gasteiger charge is 2.49. The number of benzene rings is 6. The Bertz CT molecular complexity index is 1950. The molecule has 5 heteroatoms. The fraction of sp³-hybridized carbons (Fsp3) is 0. The molecular weight excluding hydrogens is 517 g/mol. The van der Waals surface area contributed by atoms with E-state index < -0.39 is 0 Å². The van der Waals surface area contributed by atoms with Crippen LogP contribution in [0.15, 0.2) is 143 Å². The van der Waals surface area contributed by atoms with Crippen LogP contribution in [0.1, 0.15) is 0 Å². The Morgan fingerprint density at radius 3 is 1.41 bits per heavy atom. The quantitative estimate of drug-likeness (QED) is 0.192. The molecule has 0 radical (unpaired) electrons. The second-order valence-corrected chi connectivity index (χ2v) is 12.0. The lowest BCUT2D eigenvalue weighted by molar-refractivity contribution is 1.12. The van der Waals surface area contributed by atoms with Crippen LogP contribution in [0.2, 0.25) is 0 Å². The number of para-hydroxylation sites is 3. The molecule has 4 heterocycles. The zero-order valence-corrected chi connectivity index (χ0v) is 22.8. The summed E-state index contributed by atoms with van der Waals surface area (Å²) in [5.41, 5.74) is 15.2. The topological polar surface area (TPSA) is 9.72 Å². The van der Waals surface area contributed by atoms with Crippen LogP contribution in [-0.4, -0.2) is 6.98 Å². The fourth-order valence-electron chi connectivity index (χ4n) is 7.35. The average molecular weight is 539 g/mol. The first-order chi connectivity index (χ1) is 20.4. The number of nitrogens with zero attached hydrogens (tertiary/aromatic N) is 3. The van der Waals surface area contributed by atoms with Crippen molar-refractivity contribution in [3.05, 3.63) is 133 Å². The van der Waals surface area contributed by atoms with Gasteiger partial charge in [0.05, 0.1) is 21.2 Å². The van der Waals surface area contributed by atoms with Crippen molar-refractivity contribution >= 4 is 64.0 Å². The van der Waals surface area contributed by atoms with E-state index in [1.807, 2.05) is 11.8 Å². The van der Waals surface area contributed by atoms with E-state index in [0.717, 1.165) is 0 Å². The van der Waals surface area contributed by atoms with Crippen molar-refractivity contribution in [1.29, 1.82) is 0 Å². The molecule has 0 fully saturated rings. The van der Waals surface area contributed by atoms with Crippen LogP contribution in [0, 0.1) is 0 Å². The van der Waals surface area contributed by atoms with Crippen LogP contribution >= 0.6 is 11.8 Å². The van der Waals surface area contributed by atoms with Gasteiger partial charge >= 0.3 is 6.98 Å². The minimum Gasteiger partial charge on any atom is -0.360 e. The molecule has 190 valence electrons. The van der Waals surface area contributed by atoms with E-state index in [4.69, 9.17) is 0 Å². The van der Waals surface area contributed by atoms with Crippen molar-refractivity contribution in [2.75, 3.05) is 14.5 Å². The van der Waals surface area contributed by atoms with Gasteiger partial charge in [0.15, 0.2) is 0 Å². The first-order valence-corrected chi connectivity index (χ1v) is 14.9. The first kappa shape index (κ1) is 21.9. The van der Waals surface area contributed by atoms with Gasteiger partial charge in [-0.2, -0.15) is 0 Å². The van der Waals surface area contributed by atoms with Gasteiger partial charge in [-0.05, 0) is 65.1 Å². The third kappa shape index (κ3) is 2.72. The van der Waals surface area contributed by atoms with Gasteiger partial charge in [-0.3, -0.25) is 0 Å². The summed E-state index contributed by atoms with van der Waals surface area (Å²) in [5, 5.41) is 0. The number of hydrogen-bond donors (Lipinski definition) is 0. The summed E-state index contributed by atoms with van der Waals surface area (Å²) in [6, 6.07) is 49.1. The van der Waals surface area contributed by atoms with Crippen LogP contribution in [0.25, 0.3) is 22.3 Å². The SMILES string of the molecule is c1ccc(N2c3cccc4c3Sc3c(cccc32)N2B3c5c(cccc5-c5ccccc52)-c2ccccc2N34)cc1. The lowest BCUT2D eigenvalue weighted by Gasteiger charge is -2.50. The summed E-state index contributed by atoms with van der Waals surface area (Å²) in [5.74, 6) is 0. The maximum absolute atomic E-state index is 2.60. The van der Waals surface area contributed by atoms with Gasteiger partial charge < -0.3 is 14.5 Å². The Labute approximate surface area is 243 Å². The molecule has 0 spiro atoms. The zero-order valence-electron chi connectivity index (χ0n) is 22.0. The lowest BCUT2D eigenvalue weighted by Crippen LogP contribution is -2.62. The van der Waals surface area contributed by atoms with E-state index in [-0.39, 0.29) is 6.98 Å². The second kappa shape index (κ2) is 7.87. The number of fused-ring (bicyclic) bond motifs is 8. The van der Waals surface area contributed by atoms with Crippen LogP contribution < -0.4 is 20.0 Å². The number of rotatable bonds is 1. The van der Waals surface area contributed by atoms with E-state index >= 15 is 0 Å². The van der Waals surface area contributed by atoms with Gasteiger partial charge in [0.1, 0.15) is 0 Å². The molecule has 3 nitrogen and oxygen atoms in total. The molecule has 10 rings (SSSR count). The van der Waals surface area contributed by atoms with Gasteiger partial charge in [-0.15, -0.1) is 0 Å². The van der Waals surface area contributed by atoms with Gasteiger partial charge in [0.2, 0.25) is 0 Å². The van der Waals surface area contributed by atoms with Crippen LogP contribution in [0.4, 0.5) is 39.8 Å². The van der Waals surface area contributed by atoms with Gasteiger partial charge in [-0.25, -0.2) is 0 Å². The molecule has 0 unspecified atom stereocenters. The van der Waals surface area contributed by atoms with Crippen LogP contribution in [-0.2, 0) is 0 Å². The molecule has 0 saturated heterocycles.